The number of halogens is 2. The Morgan fingerprint density at radius 1 is 1.54 bits per heavy atom. The van der Waals surface area contributed by atoms with Crippen LogP contribution in [0.4, 0.5) is 8.78 Å². The van der Waals surface area contributed by atoms with Crippen LogP contribution in [0.15, 0.2) is 12.1 Å². The maximum absolute atomic E-state index is 11.7. The van der Waals surface area contributed by atoms with E-state index in [4.69, 9.17) is 5.26 Å². The first-order valence-corrected chi connectivity index (χ1v) is 3.45. The Morgan fingerprint density at radius 2 is 2.23 bits per heavy atom. The van der Waals surface area contributed by atoms with Crippen LogP contribution in [-0.4, -0.2) is 11.6 Å². The fourth-order valence-corrected chi connectivity index (χ4v) is 0.854. The molecule has 5 heteroatoms. The number of nitrogens with zero attached hydrogens (tertiary/aromatic N) is 2. The molecule has 1 aromatic rings. The number of nitriles is 1. The molecule has 1 aromatic heterocycles. The van der Waals surface area contributed by atoms with Gasteiger partial charge in [0.15, 0.2) is 0 Å². The summed E-state index contributed by atoms with van der Waals surface area (Å²) in [7, 11) is 0. The van der Waals surface area contributed by atoms with Crippen LogP contribution in [-0.2, 0) is 0 Å². The van der Waals surface area contributed by atoms with E-state index in [1.807, 2.05) is 6.07 Å². The summed E-state index contributed by atoms with van der Waals surface area (Å²) in [5, 5.41) is 8.50. The zero-order valence-corrected chi connectivity index (χ0v) is 6.79. The third-order valence-electron chi connectivity index (χ3n) is 1.27. The highest BCUT2D eigenvalue weighted by Gasteiger charge is 2.06. The van der Waals surface area contributed by atoms with E-state index in [0.29, 0.717) is 5.69 Å². The first kappa shape index (κ1) is 9.39. The molecule has 0 aromatic carbocycles. The van der Waals surface area contributed by atoms with Crippen molar-refractivity contribution in [2.75, 3.05) is 0 Å². The maximum Gasteiger partial charge on any atom is 0.388 e. The van der Waals surface area contributed by atoms with E-state index in [2.05, 4.69) is 9.72 Å². The van der Waals surface area contributed by atoms with Crippen molar-refractivity contribution in [1.29, 1.82) is 5.26 Å². The second kappa shape index (κ2) is 3.81. The Balaban J connectivity index is 2.96. The first-order chi connectivity index (χ1) is 6.11. The van der Waals surface area contributed by atoms with E-state index in [9.17, 15) is 8.78 Å². The van der Waals surface area contributed by atoms with Crippen LogP contribution in [0.25, 0.3) is 0 Å². The van der Waals surface area contributed by atoms with Crippen LogP contribution in [0.2, 0.25) is 0 Å². The average molecular weight is 184 g/mol. The number of alkyl halides is 2. The first-order valence-electron chi connectivity index (χ1n) is 3.45. The number of rotatable bonds is 2. The lowest BCUT2D eigenvalue weighted by atomic mass is 10.2. The highest BCUT2D eigenvalue weighted by atomic mass is 19.3. The van der Waals surface area contributed by atoms with Crippen LogP contribution in [0.5, 0.6) is 5.88 Å². The zero-order valence-electron chi connectivity index (χ0n) is 6.79. The van der Waals surface area contributed by atoms with Crippen molar-refractivity contribution in [3.63, 3.8) is 0 Å². The third kappa shape index (κ3) is 2.67. The lowest BCUT2D eigenvalue weighted by molar-refractivity contribution is -0.0529. The number of aromatic nitrogens is 1. The average Bonchev–Trinajstić information content (AvgIpc) is 2.01. The van der Waals surface area contributed by atoms with Crippen molar-refractivity contribution in [3.8, 4) is 11.9 Å². The summed E-state index contributed by atoms with van der Waals surface area (Å²) in [5.74, 6) is -0.230. The van der Waals surface area contributed by atoms with E-state index < -0.39 is 6.61 Å². The quantitative estimate of drug-likeness (QED) is 0.704. The Kier molecular flexibility index (Phi) is 2.75. The number of hydrogen-bond acceptors (Lipinski definition) is 3. The number of aryl methyl sites for hydroxylation is 1. The van der Waals surface area contributed by atoms with Crippen LogP contribution in [0, 0.1) is 18.3 Å². The Morgan fingerprint density at radius 3 is 2.77 bits per heavy atom. The molecule has 0 saturated carbocycles. The summed E-state index contributed by atoms with van der Waals surface area (Å²) < 4.78 is 27.5. The van der Waals surface area contributed by atoms with Crippen LogP contribution in [0.1, 0.15) is 11.3 Å². The van der Waals surface area contributed by atoms with Gasteiger partial charge in [0.2, 0.25) is 5.88 Å². The molecule has 0 aliphatic carbocycles. The van der Waals surface area contributed by atoms with Crippen LogP contribution < -0.4 is 4.74 Å². The second-order valence-corrected chi connectivity index (χ2v) is 2.33. The van der Waals surface area contributed by atoms with Crippen molar-refractivity contribution in [2.24, 2.45) is 0 Å². The van der Waals surface area contributed by atoms with E-state index in [0.717, 1.165) is 0 Å². The topological polar surface area (TPSA) is 45.9 Å². The molecule has 68 valence electrons. The summed E-state index contributed by atoms with van der Waals surface area (Å²) in [6.07, 6.45) is 0. The summed E-state index contributed by atoms with van der Waals surface area (Å²) in [5.41, 5.74) is 0.720. The molecule has 0 amide bonds. The molecule has 0 aliphatic rings. The smallest absolute Gasteiger partial charge is 0.388 e. The lowest BCUT2D eigenvalue weighted by Gasteiger charge is -2.03. The standard InChI is InChI=1S/C8H6F2N2O/c1-5-2-6(4-11)3-7(12-5)13-8(9)10/h2-3,8H,1H3. The second-order valence-electron chi connectivity index (χ2n) is 2.33. The monoisotopic (exact) mass is 184 g/mol. The van der Waals surface area contributed by atoms with E-state index in [-0.39, 0.29) is 11.4 Å². The summed E-state index contributed by atoms with van der Waals surface area (Å²) in [6, 6.07) is 4.47. The van der Waals surface area contributed by atoms with Gasteiger partial charge >= 0.3 is 6.61 Å². The fourth-order valence-electron chi connectivity index (χ4n) is 0.854. The van der Waals surface area contributed by atoms with E-state index in [1.165, 1.54) is 12.1 Å². The Bertz CT molecular complexity index is 346. The minimum atomic E-state index is -2.92. The van der Waals surface area contributed by atoms with Crippen molar-refractivity contribution < 1.29 is 13.5 Å². The van der Waals surface area contributed by atoms with Gasteiger partial charge in [0, 0.05) is 11.8 Å². The SMILES string of the molecule is Cc1cc(C#N)cc(OC(F)F)n1. The van der Waals surface area contributed by atoms with Crippen molar-refractivity contribution >= 4 is 0 Å². The minimum absolute atomic E-state index is 0.230. The molecule has 3 nitrogen and oxygen atoms in total. The van der Waals surface area contributed by atoms with Crippen LogP contribution >= 0.6 is 0 Å². The van der Waals surface area contributed by atoms with Gasteiger partial charge in [-0.1, -0.05) is 0 Å². The van der Waals surface area contributed by atoms with Gasteiger partial charge in [0.1, 0.15) is 0 Å². The molecule has 1 rings (SSSR count). The summed E-state index contributed by atoms with van der Waals surface area (Å²) in [6.45, 7) is -1.32. The van der Waals surface area contributed by atoms with Gasteiger partial charge in [0.25, 0.3) is 0 Å². The van der Waals surface area contributed by atoms with Gasteiger partial charge in [-0.2, -0.15) is 14.0 Å². The molecule has 13 heavy (non-hydrogen) atoms. The van der Waals surface area contributed by atoms with Crippen molar-refractivity contribution in [1.82, 2.24) is 4.98 Å². The maximum atomic E-state index is 11.7. The molecule has 0 fully saturated rings. The minimum Gasteiger partial charge on any atom is -0.417 e. The molecule has 0 N–H and O–H groups in total. The van der Waals surface area contributed by atoms with Crippen molar-refractivity contribution in [3.05, 3.63) is 23.4 Å². The Hall–Kier alpha value is -1.70. The summed E-state index contributed by atoms with van der Waals surface area (Å²) >= 11 is 0. The predicted octanol–water partition coefficient (Wildman–Crippen LogP) is 1.86. The van der Waals surface area contributed by atoms with Crippen molar-refractivity contribution in [2.45, 2.75) is 13.5 Å². The van der Waals surface area contributed by atoms with Gasteiger partial charge in [-0.3, -0.25) is 0 Å². The summed E-state index contributed by atoms with van der Waals surface area (Å²) in [4.78, 5) is 3.67. The van der Waals surface area contributed by atoms with Gasteiger partial charge < -0.3 is 4.74 Å². The molecule has 0 radical (unpaired) electrons. The Labute approximate surface area is 73.6 Å². The molecule has 0 spiro atoms. The molecule has 0 atom stereocenters. The zero-order chi connectivity index (χ0) is 9.84. The molecular formula is C8H6F2N2O. The van der Waals surface area contributed by atoms with E-state index in [1.54, 1.807) is 6.92 Å². The molecule has 0 aliphatic heterocycles. The predicted molar refractivity (Wildman–Crippen MR) is 40.3 cm³/mol. The molecule has 0 bridgehead atoms. The van der Waals surface area contributed by atoms with Gasteiger partial charge in [-0.15, -0.1) is 0 Å². The van der Waals surface area contributed by atoms with E-state index >= 15 is 0 Å². The normalized spacial score (nSPS) is 9.77. The van der Waals surface area contributed by atoms with Gasteiger partial charge in [-0.05, 0) is 13.0 Å². The third-order valence-corrected chi connectivity index (χ3v) is 1.27. The van der Waals surface area contributed by atoms with Gasteiger partial charge in [-0.25, -0.2) is 4.98 Å². The number of ether oxygens (including phenoxy) is 1. The number of pyridine rings is 1. The van der Waals surface area contributed by atoms with Crippen LogP contribution in [0.3, 0.4) is 0 Å². The fraction of sp³-hybridized carbons (Fsp3) is 0.250. The lowest BCUT2D eigenvalue weighted by Crippen LogP contribution is -2.04. The molecular weight excluding hydrogens is 178 g/mol. The molecule has 0 unspecified atom stereocenters. The molecule has 0 saturated heterocycles. The number of hydrogen-bond donors (Lipinski definition) is 0. The van der Waals surface area contributed by atoms with Gasteiger partial charge in [0.05, 0.1) is 11.6 Å². The highest BCUT2D eigenvalue weighted by Crippen LogP contribution is 2.13. The largest absolute Gasteiger partial charge is 0.417 e. The highest BCUT2D eigenvalue weighted by molar-refractivity contribution is 5.33. The molecule has 1 heterocycles.